The number of nitrogens with two attached hydrogens (primary N) is 1. The fraction of sp³-hybridized carbons (Fsp3) is 0.235. The molecule has 0 aromatic carbocycles. The van der Waals surface area contributed by atoms with Crippen molar-refractivity contribution < 1.29 is 4.74 Å². The quantitative estimate of drug-likeness (QED) is 0.912. The highest BCUT2D eigenvalue weighted by molar-refractivity contribution is 5.54. The van der Waals surface area contributed by atoms with Gasteiger partial charge in [-0.25, -0.2) is 0 Å². The molecule has 2 aromatic heterocycles. The Kier molecular flexibility index (Phi) is 3.62. The Morgan fingerprint density at radius 1 is 1.43 bits per heavy atom. The number of aryl methyl sites for hydroxylation is 1. The molecule has 0 fully saturated rings. The van der Waals surface area contributed by atoms with E-state index in [2.05, 4.69) is 11.1 Å². The summed E-state index contributed by atoms with van der Waals surface area (Å²) in [6.07, 6.45) is 3.25. The molecule has 3 rings (SSSR count). The van der Waals surface area contributed by atoms with Crippen molar-refractivity contribution in [3.05, 3.63) is 69.2 Å². The van der Waals surface area contributed by atoms with Crippen LogP contribution in [-0.4, -0.2) is 9.55 Å². The van der Waals surface area contributed by atoms with E-state index < -0.39 is 5.92 Å². The maximum Gasteiger partial charge on any atom is 0.258 e. The summed E-state index contributed by atoms with van der Waals surface area (Å²) in [5, 5.41) is 9.50. The van der Waals surface area contributed by atoms with Gasteiger partial charge in [0.15, 0.2) is 0 Å². The van der Waals surface area contributed by atoms with Gasteiger partial charge in [0, 0.05) is 30.7 Å². The van der Waals surface area contributed by atoms with Crippen molar-refractivity contribution in [2.24, 2.45) is 5.73 Å². The molecule has 6 heteroatoms. The SMILES string of the molecule is CCn1c(C)cc2c(c1=O)[C@H](c1ccncc1)C(C#N)=C(N)O2. The van der Waals surface area contributed by atoms with Crippen molar-refractivity contribution in [3.8, 4) is 11.8 Å². The highest BCUT2D eigenvalue weighted by Crippen LogP contribution is 2.40. The minimum absolute atomic E-state index is 0.0369. The molecule has 0 amide bonds. The van der Waals surface area contributed by atoms with Crippen molar-refractivity contribution in [1.82, 2.24) is 9.55 Å². The molecule has 6 nitrogen and oxygen atoms in total. The van der Waals surface area contributed by atoms with E-state index in [1.54, 1.807) is 35.2 Å². The Hall–Kier alpha value is -3.07. The fourth-order valence-corrected chi connectivity index (χ4v) is 2.97. The van der Waals surface area contributed by atoms with E-state index in [9.17, 15) is 10.1 Å². The largest absolute Gasteiger partial charge is 0.440 e. The maximum absolute atomic E-state index is 12.9. The number of rotatable bonds is 2. The van der Waals surface area contributed by atoms with E-state index in [-0.39, 0.29) is 17.0 Å². The Morgan fingerprint density at radius 2 is 2.13 bits per heavy atom. The van der Waals surface area contributed by atoms with Crippen LogP contribution in [0, 0.1) is 18.3 Å². The summed E-state index contributed by atoms with van der Waals surface area (Å²) in [5.74, 6) is -0.0944. The third-order valence-electron chi connectivity index (χ3n) is 4.05. The lowest BCUT2D eigenvalue weighted by Gasteiger charge is -2.27. The summed E-state index contributed by atoms with van der Waals surface area (Å²) in [6, 6.07) is 7.43. The van der Waals surface area contributed by atoms with Crippen molar-refractivity contribution in [3.63, 3.8) is 0 Å². The average Bonchev–Trinajstić information content (AvgIpc) is 2.54. The molecule has 1 atom stereocenters. The van der Waals surface area contributed by atoms with Crippen LogP contribution in [0.4, 0.5) is 0 Å². The lowest BCUT2D eigenvalue weighted by molar-refractivity contribution is 0.388. The van der Waals surface area contributed by atoms with Gasteiger partial charge in [-0.2, -0.15) is 5.26 Å². The minimum atomic E-state index is -0.544. The lowest BCUT2D eigenvalue weighted by Crippen LogP contribution is -2.32. The van der Waals surface area contributed by atoms with Crippen LogP contribution in [0.15, 0.2) is 46.8 Å². The van der Waals surface area contributed by atoms with E-state index in [0.717, 1.165) is 11.3 Å². The van der Waals surface area contributed by atoms with E-state index in [1.165, 1.54) is 0 Å². The molecule has 0 saturated heterocycles. The van der Waals surface area contributed by atoms with Gasteiger partial charge in [-0.15, -0.1) is 0 Å². The zero-order valence-electron chi connectivity index (χ0n) is 12.9. The number of allylic oxidation sites excluding steroid dienone is 1. The first kappa shape index (κ1) is 14.9. The summed E-state index contributed by atoms with van der Waals surface area (Å²) in [6.45, 7) is 4.29. The second-order valence-corrected chi connectivity index (χ2v) is 5.32. The summed E-state index contributed by atoms with van der Waals surface area (Å²) in [4.78, 5) is 16.9. The van der Waals surface area contributed by atoms with Crippen LogP contribution < -0.4 is 16.0 Å². The molecule has 23 heavy (non-hydrogen) atoms. The number of nitriles is 1. The Labute approximate surface area is 133 Å². The molecular weight excluding hydrogens is 292 g/mol. The Balaban J connectivity index is 2.35. The van der Waals surface area contributed by atoms with Crippen LogP contribution in [0.5, 0.6) is 5.75 Å². The number of aromatic nitrogens is 2. The summed E-state index contributed by atoms with van der Waals surface area (Å²) in [5.41, 5.74) is 8.01. The zero-order valence-corrected chi connectivity index (χ0v) is 12.9. The predicted octanol–water partition coefficient (Wildman–Crippen LogP) is 1.79. The highest BCUT2D eigenvalue weighted by Gasteiger charge is 2.34. The molecule has 0 unspecified atom stereocenters. The minimum Gasteiger partial charge on any atom is -0.440 e. The molecule has 116 valence electrons. The molecule has 1 aliphatic heterocycles. The lowest BCUT2D eigenvalue weighted by atomic mass is 9.84. The van der Waals surface area contributed by atoms with Crippen LogP contribution in [-0.2, 0) is 6.54 Å². The summed E-state index contributed by atoms with van der Waals surface area (Å²) < 4.78 is 7.21. The van der Waals surface area contributed by atoms with Gasteiger partial charge in [-0.1, -0.05) is 0 Å². The van der Waals surface area contributed by atoms with Crippen LogP contribution >= 0.6 is 0 Å². The third kappa shape index (κ3) is 2.27. The number of pyridine rings is 2. The van der Waals surface area contributed by atoms with Gasteiger partial charge >= 0.3 is 0 Å². The number of ether oxygens (including phenoxy) is 1. The van der Waals surface area contributed by atoms with E-state index in [4.69, 9.17) is 10.5 Å². The maximum atomic E-state index is 12.9. The highest BCUT2D eigenvalue weighted by atomic mass is 16.5. The van der Waals surface area contributed by atoms with Crippen LogP contribution in [0.2, 0.25) is 0 Å². The second kappa shape index (κ2) is 5.61. The normalized spacial score (nSPS) is 16.5. The molecule has 0 aliphatic carbocycles. The Morgan fingerprint density at radius 3 is 2.74 bits per heavy atom. The molecule has 0 bridgehead atoms. The van der Waals surface area contributed by atoms with Gasteiger partial charge in [0.1, 0.15) is 17.4 Å². The standard InChI is InChI=1S/C17H16N4O2/c1-3-21-10(2)8-13-15(17(21)22)14(11-4-6-20-7-5-11)12(9-18)16(19)23-13/h4-8,14H,3,19H2,1-2H3/t14-/m1/s1. The van der Waals surface area contributed by atoms with Crippen molar-refractivity contribution >= 4 is 0 Å². The molecule has 2 aromatic rings. The summed E-state index contributed by atoms with van der Waals surface area (Å²) >= 11 is 0. The first-order valence-electron chi connectivity index (χ1n) is 7.30. The van der Waals surface area contributed by atoms with Gasteiger partial charge < -0.3 is 15.0 Å². The van der Waals surface area contributed by atoms with E-state index in [0.29, 0.717) is 17.9 Å². The molecule has 3 heterocycles. The smallest absolute Gasteiger partial charge is 0.258 e. The van der Waals surface area contributed by atoms with Crippen LogP contribution in [0.1, 0.15) is 29.7 Å². The predicted molar refractivity (Wildman–Crippen MR) is 84.6 cm³/mol. The number of fused-ring (bicyclic) bond motifs is 1. The molecule has 0 radical (unpaired) electrons. The van der Waals surface area contributed by atoms with Crippen LogP contribution in [0.3, 0.4) is 0 Å². The number of hydrogen-bond acceptors (Lipinski definition) is 5. The third-order valence-corrected chi connectivity index (χ3v) is 4.05. The van der Waals surface area contributed by atoms with Gasteiger partial charge in [-0.3, -0.25) is 9.78 Å². The topological polar surface area (TPSA) is 93.9 Å². The second-order valence-electron chi connectivity index (χ2n) is 5.32. The van der Waals surface area contributed by atoms with E-state index >= 15 is 0 Å². The molecule has 1 aliphatic rings. The monoisotopic (exact) mass is 308 g/mol. The average molecular weight is 308 g/mol. The number of hydrogen-bond donors (Lipinski definition) is 1. The fourth-order valence-electron chi connectivity index (χ4n) is 2.97. The molecule has 2 N–H and O–H groups in total. The first-order chi connectivity index (χ1) is 11.1. The summed E-state index contributed by atoms with van der Waals surface area (Å²) in [7, 11) is 0. The van der Waals surface area contributed by atoms with E-state index in [1.807, 2.05) is 13.8 Å². The van der Waals surface area contributed by atoms with Crippen molar-refractivity contribution in [2.75, 3.05) is 0 Å². The van der Waals surface area contributed by atoms with Gasteiger partial charge in [0.2, 0.25) is 5.88 Å². The Bertz CT molecular complexity index is 891. The zero-order chi connectivity index (χ0) is 16.6. The van der Waals surface area contributed by atoms with Crippen molar-refractivity contribution in [1.29, 1.82) is 5.26 Å². The molecular formula is C17H16N4O2. The molecule has 0 spiro atoms. The van der Waals surface area contributed by atoms with Crippen molar-refractivity contribution in [2.45, 2.75) is 26.3 Å². The molecule has 0 saturated carbocycles. The van der Waals surface area contributed by atoms with Gasteiger partial charge in [0.05, 0.1) is 11.5 Å². The van der Waals surface area contributed by atoms with Crippen LogP contribution in [0.25, 0.3) is 0 Å². The number of nitrogens with zero attached hydrogens (tertiary/aromatic N) is 3. The van der Waals surface area contributed by atoms with Gasteiger partial charge in [0.25, 0.3) is 5.56 Å². The first-order valence-corrected chi connectivity index (χ1v) is 7.30. The van der Waals surface area contributed by atoms with Gasteiger partial charge in [-0.05, 0) is 31.5 Å².